The molecule has 0 saturated carbocycles. The van der Waals surface area contributed by atoms with Crippen LogP contribution >= 0.6 is 0 Å². The molecule has 0 aliphatic heterocycles. The van der Waals surface area contributed by atoms with E-state index in [9.17, 15) is 9.90 Å². The first-order chi connectivity index (χ1) is 10.8. The summed E-state index contributed by atoms with van der Waals surface area (Å²) in [6.07, 6.45) is 2.57. The number of fused-ring (bicyclic) bond motifs is 1. The van der Waals surface area contributed by atoms with Crippen LogP contribution in [0.25, 0.3) is 5.57 Å². The standard InChI is InChI=1S/C20H30O3Si/c1-13-11-15-14(18(21)22)9-10-20(5,6)16(15)12-17(13)23-24(7,8)19(2,3)4/h9,11-12H,10H2,1-8H3,(H,21,22). The van der Waals surface area contributed by atoms with Crippen LogP contribution in [0.15, 0.2) is 18.2 Å². The van der Waals surface area contributed by atoms with Gasteiger partial charge in [0.2, 0.25) is 8.32 Å². The third kappa shape index (κ3) is 3.29. The summed E-state index contributed by atoms with van der Waals surface area (Å²) < 4.78 is 6.52. The summed E-state index contributed by atoms with van der Waals surface area (Å²) in [6.45, 7) is 17.5. The summed E-state index contributed by atoms with van der Waals surface area (Å²) >= 11 is 0. The molecule has 1 N–H and O–H groups in total. The van der Waals surface area contributed by atoms with E-state index in [1.807, 2.05) is 19.1 Å². The Morgan fingerprint density at radius 3 is 2.33 bits per heavy atom. The smallest absolute Gasteiger partial charge is 0.335 e. The number of rotatable bonds is 3. The molecular weight excluding hydrogens is 316 g/mol. The molecule has 1 aromatic carbocycles. The van der Waals surface area contributed by atoms with Crippen molar-refractivity contribution < 1.29 is 14.3 Å². The molecule has 0 atom stereocenters. The van der Waals surface area contributed by atoms with Gasteiger partial charge in [-0.25, -0.2) is 4.79 Å². The average Bonchev–Trinajstić information content (AvgIpc) is 2.38. The predicted octanol–water partition coefficient (Wildman–Crippen LogP) is 5.53. The van der Waals surface area contributed by atoms with Crippen molar-refractivity contribution >= 4 is 19.9 Å². The molecule has 0 aromatic heterocycles. The van der Waals surface area contributed by atoms with Crippen LogP contribution in [0.3, 0.4) is 0 Å². The summed E-state index contributed by atoms with van der Waals surface area (Å²) in [5.41, 5.74) is 3.23. The van der Waals surface area contributed by atoms with E-state index in [2.05, 4.69) is 53.8 Å². The Morgan fingerprint density at radius 2 is 1.83 bits per heavy atom. The number of benzene rings is 1. The SMILES string of the molecule is Cc1cc2c(cc1O[Si](C)(C)C(C)(C)C)C(C)(C)CC=C2C(=O)O. The van der Waals surface area contributed by atoms with Crippen molar-refractivity contribution in [2.75, 3.05) is 0 Å². The van der Waals surface area contributed by atoms with Crippen molar-refractivity contribution in [3.8, 4) is 5.75 Å². The maximum atomic E-state index is 11.6. The fraction of sp³-hybridized carbons (Fsp3) is 0.550. The highest BCUT2D eigenvalue weighted by Crippen LogP contribution is 2.44. The first-order valence-corrected chi connectivity index (χ1v) is 11.4. The molecule has 2 rings (SSSR count). The van der Waals surface area contributed by atoms with Crippen molar-refractivity contribution in [3.63, 3.8) is 0 Å². The van der Waals surface area contributed by atoms with Gasteiger partial charge in [-0.15, -0.1) is 0 Å². The first-order valence-electron chi connectivity index (χ1n) is 8.54. The maximum absolute atomic E-state index is 11.6. The Kier molecular flexibility index (Phi) is 4.51. The monoisotopic (exact) mass is 346 g/mol. The number of carboxylic acid groups (broad SMARTS) is 1. The minimum atomic E-state index is -1.94. The molecule has 3 nitrogen and oxygen atoms in total. The van der Waals surface area contributed by atoms with Gasteiger partial charge >= 0.3 is 5.97 Å². The zero-order valence-corrected chi connectivity index (χ0v) is 17.2. The lowest BCUT2D eigenvalue weighted by atomic mass is 9.73. The Hall–Kier alpha value is -1.55. The molecule has 0 saturated heterocycles. The highest BCUT2D eigenvalue weighted by atomic mass is 28.4. The van der Waals surface area contributed by atoms with E-state index in [1.165, 1.54) is 0 Å². The lowest BCUT2D eigenvalue weighted by molar-refractivity contribution is -0.130. The van der Waals surface area contributed by atoms with Gasteiger partial charge in [0, 0.05) is 0 Å². The second kappa shape index (κ2) is 5.76. The number of carboxylic acids is 1. The zero-order chi connectivity index (χ0) is 18.5. The van der Waals surface area contributed by atoms with Gasteiger partial charge in [-0.05, 0) is 65.7 Å². The van der Waals surface area contributed by atoms with E-state index in [0.29, 0.717) is 5.57 Å². The number of aliphatic carboxylic acids is 1. The third-order valence-corrected chi connectivity index (χ3v) is 9.90. The fourth-order valence-electron chi connectivity index (χ4n) is 2.79. The lowest BCUT2D eigenvalue weighted by Crippen LogP contribution is -2.44. The van der Waals surface area contributed by atoms with Crippen LogP contribution in [0.4, 0.5) is 0 Å². The first kappa shape index (κ1) is 18.8. The van der Waals surface area contributed by atoms with E-state index in [1.54, 1.807) is 0 Å². The normalized spacial score (nSPS) is 17.1. The molecule has 0 fully saturated rings. The number of aryl methyl sites for hydroxylation is 1. The summed E-state index contributed by atoms with van der Waals surface area (Å²) in [5.74, 6) is 0.0456. The Morgan fingerprint density at radius 1 is 1.25 bits per heavy atom. The molecular formula is C20H30O3Si. The van der Waals surface area contributed by atoms with E-state index < -0.39 is 14.3 Å². The number of hydrogen-bond acceptors (Lipinski definition) is 2. The largest absolute Gasteiger partial charge is 0.543 e. The topological polar surface area (TPSA) is 46.5 Å². The molecule has 4 heteroatoms. The van der Waals surface area contributed by atoms with Gasteiger partial charge in [0.1, 0.15) is 5.75 Å². The van der Waals surface area contributed by atoms with Crippen molar-refractivity contribution in [3.05, 3.63) is 34.9 Å². The minimum absolute atomic E-state index is 0.0898. The van der Waals surface area contributed by atoms with Crippen LogP contribution in [0.1, 0.15) is 57.7 Å². The molecule has 0 amide bonds. The van der Waals surface area contributed by atoms with Crippen molar-refractivity contribution in [2.24, 2.45) is 0 Å². The third-order valence-electron chi connectivity index (χ3n) is 5.55. The molecule has 1 aliphatic carbocycles. The predicted molar refractivity (Wildman–Crippen MR) is 102 cm³/mol. The van der Waals surface area contributed by atoms with Crippen LogP contribution in [-0.4, -0.2) is 19.4 Å². The van der Waals surface area contributed by atoms with Gasteiger partial charge in [0.15, 0.2) is 0 Å². The van der Waals surface area contributed by atoms with Crippen LogP contribution in [0.2, 0.25) is 18.1 Å². The molecule has 24 heavy (non-hydrogen) atoms. The molecule has 0 radical (unpaired) electrons. The molecule has 1 aliphatic rings. The van der Waals surface area contributed by atoms with Crippen LogP contribution < -0.4 is 4.43 Å². The molecule has 0 unspecified atom stereocenters. The van der Waals surface area contributed by atoms with Crippen LogP contribution in [0, 0.1) is 6.92 Å². The number of allylic oxidation sites excluding steroid dienone is 1. The van der Waals surface area contributed by atoms with E-state index in [-0.39, 0.29) is 10.5 Å². The van der Waals surface area contributed by atoms with Gasteiger partial charge in [0.05, 0.1) is 5.57 Å². The Labute approximate surface area is 146 Å². The number of hydrogen-bond donors (Lipinski definition) is 1. The van der Waals surface area contributed by atoms with Gasteiger partial charge in [-0.2, -0.15) is 0 Å². The second-order valence-corrected chi connectivity index (χ2v) is 13.8. The zero-order valence-electron chi connectivity index (χ0n) is 16.2. The van der Waals surface area contributed by atoms with Crippen LogP contribution in [0.5, 0.6) is 5.75 Å². The van der Waals surface area contributed by atoms with E-state index in [4.69, 9.17) is 4.43 Å². The summed E-state index contributed by atoms with van der Waals surface area (Å²) in [7, 11) is -1.94. The van der Waals surface area contributed by atoms with E-state index in [0.717, 1.165) is 28.9 Å². The molecule has 0 bridgehead atoms. The molecule has 0 spiro atoms. The summed E-state index contributed by atoms with van der Waals surface area (Å²) in [5, 5.41) is 9.64. The Bertz CT molecular complexity index is 706. The highest BCUT2D eigenvalue weighted by Gasteiger charge is 2.40. The number of carbonyl (C=O) groups is 1. The van der Waals surface area contributed by atoms with Crippen molar-refractivity contribution in [2.45, 2.75) is 71.5 Å². The maximum Gasteiger partial charge on any atom is 0.335 e. The average molecular weight is 347 g/mol. The minimum Gasteiger partial charge on any atom is -0.543 e. The molecule has 0 heterocycles. The molecule has 1 aromatic rings. The van der Waals surface area contributed by atoms with Gasteiger partial charge in [0.25, 0.3) is 0 Å². The quantitative estimate of drug-likeness (QED) is 0.732. The van der Waals surface area contributed by atoms with E-state index >= 15 is 0 Å². The Balaban J connectivity index is 2.57. The molecule has 132 valence electrons. The fourth-order valence-corrected chi connectivity index (χ4v) is 3.86. The van der Waals surface area contributed by atoms with Crippen molar-refractivity contribution in [1.29, 1.82) is 0 Å². The van der Waals surface area contributed by atoms with Gasteiger partial charge in [-0.1, -0.05) is 40.7 Å². The van der Waals surface area contributed by atoms with Crippen LogP contribution in [-0.2, 0) is 10.2 Å². The van der Waals surface area contributed by atoms with Gasteiger partial charge < -0.3 is 9.53 Å². The second-order valence-electron chi connectivity index (χ2n) is 9.04. The summed E-state index contributed by atoms with van der Waals surface area (Å²) in [4.78, 5) is 11.6. The lowest BCUT2D eigenvalue weighted by Gasteiger charge is -2.38. The highest BCUT2D eigenvalue weighted by molar-refractivity contribution is 6.74. The summed E-state index contributed by atoms with van der Waals surface area (Å²) in [6, 6.07) is 4.07. The van der Waals surface area contributed by atoms with Crippen molar-refractivity contribution in [1.82, 2.24) is 0 Å². The van der Waals surface area contributed by atoms with Gasteiger partial charge in [-0.3, -0.25) is 0 Å².